The topological polar surface area (TPSA) is 52.6 Å². The van der Waals surface area contributed by atoms with Gasteiger partial charge in [0, 0.05) is 19.6 Å². The number of rotatable bonds is 4. The number of carbonyl (C=O) groups excluding carboxylic acids is 1. The highest BCUT2D eigenvalue weighted by molar-refractivity contribution is 5.83. The molecule has 0 unspecified atom stereocenters. The summed E-state index contributed by atoms with van der Waals surface area (Å²) >= 11 is 0. The van der Waals surface area contributed by atoms with Crippen LogP contribution < -0.4 is 5.11 Å². The molecule has 0 atom stereocenters. The molecule has 0 spiro atoms. The third-order valence-corrected chi connectivity index (χ3v) is 2.32. The van der Waals surface area contributed by atoms with E-state index in [1.165, 1.54) is 0 Å². The van der Waals surface area contributed by atoms with Crippen LogP contribution in [0.2, 0.25) is 0 Å². The Hall–Kier alpha value is -0.870. The maximum absolute atomic E-state index is 10.4. The number of carboxylic acid groups (broad SMARTS) is 1. The van der Waals surface area contributed by atoms with Crippen LogP contribution in [0.5, 0.6) is 0 Å². The van der Waals surface area contributed by atoms with Crippen LogP contribution in [0, 0.1) is 0 Å². The Labute approximate surface area is 84.2 Å². The number of morpholine rings is 1. The van der Waals surface area contributed by atoms with E-state index in [9.17, 15) is 9.90 Å². The summed E-state index contributed by atoms with van der Waals surface area (Å²) in [5.74, 6) is -1.08. The van der Waals surface area contributed by atoms with Crippen LogP contribution in [0.4, 0.5) is 0 Å². The van der Waals surface area contributed by atoms with E-state index in [4.69, 9.17) is 4.74 Å². The first-order valence-corrected chi connectivity index (χ1v) is 4.88. The molecule has 1 heterocycles. The van der Waals surface area contributed by atoms with Crippen molar-refractivity contribution in [1.82, 2.24) is 4.90 Å². The predicted octanol–water partition coefficient (Wildman–Crippen LogP) is -0.595. The van der Waals surface area contributed by atoms with Crippen LogP contribution in [-0.2, 0) is 9.53 Å². The summed E-state index contributed by atoms with van der Waals surface area (Å²) in [6, 6.07) is 0. The van der Waals surface area contributed by atoms with Gasteiger partial charge < -0.3 is 14.6 Å². The average Bonchev–Trinajstić information content (AvgIpc) is 2.19. The zero-order chi connectivity index (χ0) is 10.4. The molecule has 1 fully saturated rings. The fourth-order valence-corrected chi connectivity index (χ4v) is 1.37. The van der Waals surface area contributed by atoms with Crippen molar-refractivity contribution >= 4 is 5.97 Å². The van der Waals surface area contributed by atoms with E-state index in [0.717, 1.165) is 39.3 Å². The minimum absolute atomic E-state index is 0.318. The van der Waals surface area contributed by atoms with Crippen LogP contribution in [0.25, 0.3) is 0 Å². The van der Waals surface area contributed by atoms with Crippen LogP contribution in [-0.4, -0.2) is 43.7 Å². The number of ether oxygens (including phenoxy) is 1. The van der Waals surface area contributed by atoms with E-state index in [1.54, 1.807) is 13.0 Å². The number of aliphatic carboxylic acids is 1. The molecule has 0 aromatic heterocycles. The lowest BCUT2D eigenvalue weighted by molar-refractivity contribution is -0.299. The Kier molecular flexibility index (Phi) is 4.62. The Morgan fingerprint density at radius 2 is 2.14 bits per heavy atom. The summed E-state index contributed by atoms with van der Waals surface area (Å²) in [4.78, 5) is 12.6. The van der Waals surface area contributed by atoms with Gasteiger partial charge in [0.05, 0.1) is 19.2 Å². The molecule has 0 aromatic rings. The van der Waals surface area contributed by atoms with E-state index >= 15 is 0 Å². The van der Waals surface area contributed by atoms with E-state index in [0.29, 0.717) is 5.57 Å². The number of nitrogens with zero attached hydrogens (tertiary/aromatic N) is 1. The Morgan fingerprint density at radius 3 is 2.71 bits per heavy atom. The quantitative estimate of drug-likeness (QED) is 0.566. The van der Waals surface area contributed by atoms with E-state index < -0.39 is 5.97 Å². The molecule has 1 aliphatic rings. The maximum atomic E-state index is 10.4. The van der Waals surface area contributed by atoms with Gasteiger partial charge in [0.15, 0.2) is 0 Å². The van der Waals surface area contributed by atoms with Crippen LogP contribution in [0.1, 0.15) is 13.3 Å². The number of carboxylic acids is 1. The van der Waals surface area contributed by atoms with Crippen molar-refractivity contribution in [3.8, 4) is 0 Å². The highest BCUT2D eigenvalue weighted by atomic mass is 16.5. The lowest BCUT2D eigenvalue weighted by Crippen LogP contribution is -2.36. The van der Waals surface area contributed by atoms with Gasteiger partial charge in [-0.3, -0.25) is 4.90 Å². The summed E-state index contributed by atoms with van der Waals surface area (Å²) in [6.07, 6.45) is 2.48. The van der Waals surface area contributed by atoms with Gasteiger partial charge >= 0.3 is 0 Å². The predicted molar refractivity (Wildman–Crippen MR) is 50.6 cm³/mol. The van der Waals surface area contributed by atoms with Gasteiger partial charge in [-0.1, -0.05) is 6.08 Å². The molecule has 0 bridgehead atoms. The monoisotopic (exact) mass is 198 g/mol. The second-order valence-electron chi connectivity index (χ2n) is 3.42. The molecule has 1 saturated heterocycles. The van der Waals surface area contributed by atoms with E-state index in [1.807, 2.05) is 0 Å². The largest absolute Gasteiger partial charge is 0.545 e. The molecule has 0 radical (unpaired) electrons. The first-order chi connectivity index (χ1) is 6.70. The van der Waals surface area contributed by atoms with Gasteiger partial charge in [0.1, 0.15) is 0 Å². The van der Waals surface area contributed by atoms with Crippen molar-refractivity contribution in [1.29, 1.82) is 0 Å². The minimum atomic E-state index is -1.08. The molecule has 1 aliphatic heterocycles. The number of hydrogen-bond acceptors (Lipinski definition) is 4. The van der Waals surface area contributed by atoms with Gasteiger partial charge in [-0.25, -0.2) is 0 Å². The van der Waals surface area contributed by atoms with E-state index in [2.05, 4.69) is 4.90 Å². The molecule has 1 rings (SSSR count). The highest BCUT2D eigenvalue weighted by Gasteiger charge is 2.08. The molecule has 4 heteroatoms. The summed E-state index contributed by atoms with van der Waals surface area (Å²) < 4.78 is 5.20. The van der Waals surface area contributed by atoms with Crippen LogP contribution >= 0.6 is 0 Å². The standard InChI is InChI=1S/C10H17NO3/c1-9(10(12)13)3-2-4-11-5-7-14-8-6-11/h3H,2,4-8H2,1H3,(H,12,13)/p-1/b9-3+. The van der Waals surface area contributed by atoms with Gasteiger partial charge in [0.25, 0.3) is 0 Å². The lowest BCUT2D eigenvalue weighted by atomic mass is 10.2. The molecule has 0 amide bonds. The van der Waals surface area contributed by atoms with Crippen molar-refractivity contribution in [3.63, 3.8) is 0 Å². The smallest absolute Gasteiger partial charge is 0.0668 e. The van der Waals surface area contributed by atoms with Gasteiger partial charge in [0.2, 0.25) is 0 Å². The summed E-state index contributed by atoms with van der Waals surface area (Å²) in [5.41, 5.74) is 0.318. The average molecular weight is 198 g/mol. The first-order valence-electron chi connectivity index (χ1n) is 4.88. The maximum Gasteiger partial charge on any atom is 0.0668 e. The first kappa shape index (κ1) is 11.2. The molecule has 80 valence electrons. The van der Waals surface area contributed by atoms with Crippen molar-refractivity contribution in [3.05, 3.63) is 11.6 Å². The zero-order valence-corrected chi connectivity index (χ0v) is 8.49. The molecule has 0 N–H and O–H groups in total. The lowest BCUT2D eigenvalue weighted by Gasteiger charge is -2.26. The van der Waals surface area contributed by atoms with Crippen molar-refractivity contribution in [2.24, 2.45) is 0 Å². The Bertz CT molecular complexity index is 219. The Balaban J connectivity index is 2.19. The van der Waals surface area contributed by atoms with Crippen molar-refractivity contribution in [2.45, 2.75) is 13.3 Å². The molecule has 0 aliphatic carbocycles. The van der Waals surface area contributed by atoms with Gasteiger partial charge in [-0.15, -0.1) is 0 Å². The molecule has 4 nitrogen and oxygen atoms in total. The minimum Gasteiger partial charge on any atom is -0.545 e. The SMILES string of the molecule is C/C(=C\CCN1CCOCC1)C(=O)[O-]. The normalized spacial score (nSPS) is 19.6. The fourth-order valence-electron chi connectivity index (χ4n) is 1.37. The van der Waals surface area contributed by atoms with E-state index in [-0.39, 0.29) is 0 Å². The Morgan fingerprint density at radius 1 is 1.50 bits per heavy atom. The summed E-state index contributed by atoms with van der Waals surface area (Å²) in [5, 5.41) is 10.4. The molecular weight excluding hydrogens is 182 g/mol. The van der Waals surface area contributed by atoms with Crippen molar-refractivity contribution in [2.75, 3.05) is 32.8 Å². The molecule has 14 heavy (non-hydrogen) atoms. The fraction of sp³-hybridized carbons (Fsp3) is 0.700. The summed E-state index contributed by atoms with van der Waals surface area (Å²) in [7, 11) is 0. The van der Waals surface area contributed by atoms with Crippen LogP contribution in [0.15, 0.2) is 11.6 Å². The van der Waals surface area contributed by atoms with Gasteiger partial charge in [-0.05, 0) is 18.9 Å². The molecule has 0 saturated carbocycles. The highest BCUT2D eigenvalue weighted by Crippen LogP contribution is 2.00. The third-order valence-electron chi connectivity index (χ3n) is 2.32. The second kappa shape index (κ2) is 5.78. The molecule has 0 aromatic carbocycles. The third kappa shape index (κ3) is 3.89. The van der Waals surface area contributed by atoms with Crippen molar-refractivity contribution < 1.29 is 14.6 Å². The number of carbonyl (C=O) groups is 1. The zero-order valence-electron chi connectivity index (χ0n) is 8.49. The summed E-state index contributed by atoms with van der Waals surface area (Å²) in [6.45, 7) is 5.91. The molecular formula is C10H16NO3-. The second-order valence-corrected chi connectivity index (χ2v) is 3.42. The van der Waals surface area contributed by atoms with Crippen LogP contribution in [0.3, 0.4) is 0 Å². The van der Waals surface area contributed by atoms with Gasteiger partial charge in [-0.2, -0.15) is 0 Å². The number of hydrogen-bond donors (Lipinski definition) is 0.